The standard InChI is InChI=1S/C20H28FN3O/c1-23(2)17-9-11-24(12-10-17)19-8-7-16(14-18(19)21)22-20(25)13-15-5-3-4-6-15/h3,5,7-8,14-15,17H,4,6,9-13H2,1-2H3,(H,22,25). The Hall–Kier alpha value is -1.88. The number of rotatable bonds is 5. The summed E-state index contributed by atoms with van der Waals surface area (Å²) in [6.07, 6.45) is 8.85. The third-order valence-electron chi connectivity index (χ3n) is 5.33. The van der Waals surface area contributed by atoms with Gasteiger partial charge in [0.05, 0.1) is 5.69 Å². The van der Waals surface area contributed by atoms with Gasteiger partial charge in [-0.2, -0.15) is 0 Å². The number of benzene rings is 1. The quantitative estimate of drug-likeness (QED) is 0.828. The zero-order valence-corrected chi connectivity index (χ0v) is 15.2. The first kappa shape index (κ1) is 17.9. The van der Waals surface area contributed by atoms with E-state index in [0.29, 0.717) is 29.8 Å². The first-order valence-corrected chi connectivity index (χ1v) is 9.20. The zero-order valence-electron chi connectivity index (χ0n) is 15.2. The Morgan fingerprint density at radius 3 is 2.64 bits per heavy atom. The molecule has 1 amide bonds. The molecule has 2 aliphatic rings. The average Bonchev–Trinajstić information content (AvgIpc) is 3.08. The van der Waals surface area contributed by atoms with Gasteiger partial charge < -0.3 is 15.1 Å². The van der Waals surface area contributed by atoms with Crippen molar-refractivity contribution in [1.29, 1.82) is 0 Å². The summed E-state index contributed by atoms with van der Waals surface area (Å²) < 4.78 is 14.5. The van der Waals surface area contributed by atoms with Gasteiger partial charge in [0.1, 0.15) is 5.82 Å². The first-order chi connectivity index (χ1) is 12.0. The van der Waals surface area contributed by atoms with Gasteiger partial charge in [-0.05, 0) is 63.9 Å². The molecule has 0 radical (unpaired) electrons. The second-order valence-electron chi connectivity index (χ2n) is 7.37. The lowest BCUT2D eigenvalue weighted by Crippen LogP contribution is -2.42. The normalized spacial score (nSPS) is 21.1. The van der Waals surface area contributed by atoms with Gasteiger partial charge in [0.25, 0.3) is 0 Å². The summed E-state index contributed by atoms with van der Waals surface area (Å²) in [6.45, 7) is 1.72. The van der Waals surface area contributed by atoms with Gasteiger partial charge in [0, 0.05) is 31.2 Å². The van der Waals surface area contributed by atoms with Crippen molar-refractivity contribution in [2.45, 2.75) is 38.1 Å². The number of anilines is 2. The molecule has 0 saturated carbocycles. The minimum atomic E-state index is -0.262. The largest absolute Gasteiger partial charge is 0.369 e. The van der Waals surface area contributed by atoms with Crippen LogP contribution in [0.25, 0.3) is 0 Å². The van der Waals surface area contributed by atoms with E-state index in [9.17, 15) is 9.18 Å². The van der Waals surface area contributed by atoms with E-state index in [1.54, 1.807) is 12.1 Å². The Balaban J connectivity index is 1.57. The lowest BCUT2D eigenvalue weighted by Gasteiger charge is -2.36. The number of hydrogen-bond donors (Lipinski definition) is 1. The fraction of sp³-hybridized carbons (Fsp3) is 0.550. The number of carbonyl (C=O) groups is 1. The van der Waals surface area contributed by atoms with Crippen LogP contribution in [-0.4, -0.2) is 44.0 Å². The maximum absolute atomic E-state index is 14.5. The highest BCUT2D eigenvalue weighted by Gasteiger charge is 2.22. The number of halogens is 1. The summed E-state index contributed by atoms with van der Waals surface area (Å²) in [4.78, 5) is 16.4. The molecule has 1 aromatic rings. The molecule has 1 N–H and O–H groups in total. The molecule has 1 aliphatic heterocycles. The van der Waals surface area contributed by atoms with E-state index in [0.717, 1.165) is 38.8 Å². The van der Waals surface area contributed by atoms with Gasteiger partial charge in [-0.3, -0.25) is 4.79 Å². The van der Waals surface area contributed by atoms with Crippen LogP contribution in [0.3, 0.4) is 0 Å². The van der Waals surface area contributed by atoms with E-state index < -0.39 is 0 Å². The van der Waals surface area contributed by atoms with Gasteiger partial charge >= 0.3 is 0 Å². The second-order valence-corrected chi connectivity index (χ2v) is 7.37. The Labute approximate surface area is 149 Å². The minimum absolute atomic E-state index is 0.0458. The number of carbonyl (C=O) groups excluding carboxylic acids is 1. The molecule has 0 bridgehead atoms. The van der Waals surface area contributed by atoms with Crippen molar-refractivity contribution in [3.63, 3.8) is 0 Å². The maximum atomic E-state index is 14.5. The van der Waals surface area contributed by atoms with Crippen LogP contribution in [0.1, 0.15) is 32.1 Å². The van der Waals surface area contributed by atoms with Crippen LogP contribution in [0.4, 0.5) is 15.8 Å². The molecule has 0 aromatic heterocycles. The van der Waals surface area contributed by atoms with E-state index >= 15 is 0 Å². The predicted molar refractivity (Wildman–Crippen MR) is 100 cm³/mol. The highest BCUT2D eigenvalue weighted by molar-refractivity contribution is 5.91. The van der Waals surface area contributed by atoms with Crippen LogP contribution in [0, 0.1) is 11.7 Å². The van der Waals surface area contributed by atoms with Gasteiger partial charge in [-0.1, -0.05) is 12.2 Å². The van der Waals surface area contributed by atoms with Crippen molar-refractivity contribution in [1.82, 2.24) is 4.90 Å². The summed E-state index contributed by atoms with van der Waals surface area (Å²) in [5, 5.41) is 2.82. The van der Waals surface area contributed by atoms with Crippen LogP contribution >= 0.6 is 0 Å². The molecule has 1 aliphatic carbocycles. The second kappa shape index (κ2) is 8.00. The van der Waals surface area contributed by atoms with Crippen LogP contribution < -0.4 is 10.2 Å². The molecular formula is C20H28FN3O. The molecule has 0 spiro atoms. The highest BCUT2D eigenvalue weighted by atomic mass is 19.1. The maximum Gasteiger partial charge on any atom is 0.224 e. The molecule has 1 heterocycles. The molecule has 1 fully saturated rings. The molecule has 5 heteroatoms. The van der Waals surface area contributed by atoms with Gasteiger partial charge in [0.15, 0.2) is 0 Å². The summed E-state index contributed by atoms with van der Waals surface area (Å²) in [6, 6.07) is 5.60. The van der Waals surface area contributed by atoms with Crippen LogP contribution in [0.15, 0.2) is 30.4 Å². The lowest BCUT2D eigenvalue weighted by molar-refractivity contribution is -0.116. The van der Waals surface area contributed by atoms with E-state index in [1.165, 1.54) is 6.07 Å². The van der Waals surface area contributed by atoms with E-state index in [4.69, 9.17) is 0 Å². The van der Waals surface area contributed by atoms with E-state index in [2.05, 4.69) is 41.4 Å². The van der Waals surface area contributed by atoms with Crippen molar-refractivity contribution < 1.29 is 9.18 Å². The average molecular weight is 345 g/mol. The zero-order chi connectivity index (χ0) is 17.8. The van der Waals surface area contributed by atoms with E-state index in [1.807, 2.05) is 0 Å². The number of nitrogens with zero attached hydrogens (tertiary/aromatic N) is 2. The van der Waals surface area contributed by atoms with Crippen molar-refractivity contribution >= 4 is 17.3 Å². The topological polar surface area (TPSA) is 35.6 Å². The predicted octanol–water partition coefficient (Wildman–Crippen LogP) is 3.65. The van der Waals surface area contributed by atoms with Gasteiger partial charge in [0.2, 0.25) is 5.91 Å². The Bertz CT molecular complexity index is 636. The number of hydrogen-bond acceptors (Lipinski definition) is 3. The van der Waals surface area contributed by atoms with Gasteiger partial charge in [-0.25, -0.2) is 4.39 Å². The van der Waals surface area contributed by atoms with Crippen LogP contribution in [-0.2, 0) is 4.79 Å². The molecule has 4 nitrogen and oxygen atoms in total. The van der Waals surface area contributed by atoms with E-state index in [-0.39, 0.29) is 11.7 Å². The SMILES string of the molecule is CN(C)C1CCN(c2ccc(NC(=O)CC3C=CCC3)cc2F)CC1. The third-order valence-corrected chi connectivity index (χ3v) is 5.33. The van der Waals surface area contributed by atoms with Crippen molar-refractivity contribution in [2.75, 3.05) is 37.4 Å². The lowest BCUT2D eigenvalue weighted by atomic mass is 10.0. The number of allylic oxidation sites excluding steroid dienone is 2. The molecule has 25 heavy (non-hydrogen) atoms. The molecule has 1 aromatic carbocycles. The number of amides is 1. The molecule has 1 unspecified atom stereocenters. The Morgan fingerprint density at radius 2 is 2.04 bits per heavy atom. The van der Waals surface area contributed by atoms with Crippen LogP contribution in [0.5, 0.6) is 0 Å². The summed E-state index contributed by atoms with van der Waals surface area (Å²) in [5.41, 5.74) is 1.17. The highest BCUT2D eigenvalue weighted by Crippen LogP contribution is 2.27. The van der Waals surface area contributed by atoms with Gasteiger partial charge in [-0.15, -0.1) is 0 Å². The molecule has 1 atom stereocenters. The Kier molecular flexibility index (Phi) is 5.74. The molecular weight excluding hydrogens is 317 g/mol. The number of nitrogens with one attached hydrogen (secondary N) is 1. The summed E-state index contributed by atoms with van der Waals surface area (Å²) in [7, 11) is 4.19. The van der Waals surface area contributed by atoms with Crippen LogP contribution in [0.2, 0.25) is 0 Å². The van der Waals surface area contributed by atoms with Crippen molar-refractivity contribution in [3.8, 4) is 0 Å². The summed E-state index contributed by atoms with van der Waals surface area (Å²) in [5.74, 6) is 0.0134. The Morgan fingerprint density at radius 1 is 1.28 bits per heavy atom. The number of piperidine rings is 1. The van der Waals surface area contributed by atoms with Crippen molar-refractivity contribution in [3.05, 3.63) is 36.2 Å². The fourth-order valence-electron chi connectivity index (χ4n) is 3.78. The third kappa shape index (κ3) is 4.60. The fourth-order valence-corrected chi connectivity index (χ4v) is 3.78. The first-order valence-electron chi connectivity index (χ1n) is 9.20. The minimum Gasteiger partial charge on any atom is -0.369 e. The monoisotopic (exact) mass is 345 g/mol. The molecule has 1 saturated heterocycles. The smallest absolute Gasteiger partial charge is 0.224 e. The molecule has 136 valence electrons. The van der Waals surface area contributed by atoms with Crippen molar-refractivity contribution in [2.24, 2.45) is 5.92 Å². The summed E-state index contributed by atoms with van der Waals surface area (Å²) >= 11 is 0. The molecule has 3 rings (SSSR count).